The first-order chi connectivity index (χ1) is 10.7. The topological polar surface area (TPSA) is 66.5 Å². The lowest BCUT2D eigenvalue weighted by Crippen LogP contribution is -2.40. The molecule has 1 aliphatic heterocycles. The van der Waals surface area contributed by atoms with E-state index in [1.54, 1.807) is 35.6 Å². The second-order valence-corrected chi connectivity index (χ2v) is 5.95. The summed E-state index contributed by atoms with van der Waals surface area (Å²) in [6.45, 7) is 0.249. The largest absolute Gasteiger partial charge is 0.354 e. The van der Waals surface area contributed by atoms with Gasteiger partial charge in [-0.15, -0.1) is 11.3 Å². The van der Waals surface area contributed by atoms with Crippen LogP contribution in [0.5, 0.6) is 0 Å². The number of benzene rings is 1. The van der Waals surface area contributed by atoms with Crippen LogP contribution in [-0.4, -0.2) is 35.7 Å². The van der Waals surface area contributed by atoms with Gasteiger partial charge in [0, 0.05) is 11.4 Å². The van der Waals surface area contributed by atoms with Crippen molar-refractivity contribution in [2.24, 2.45) is 0 Å². The van der Waals surface area contributed by atoms with Gasteiger partial charge >= 0.3 is 0 Å². The molecular weight excluding hydrogens is 300 g/mol. The van der Waals surface area contributed by atoms with E-state index < -0.39 is 11.8 Å². The van der Waals surface area contributed by atoms with Crippen molar-refractivity contribution < 1.29 is 14.4 Å². The zero-order chi connectivity index (χ0) is 15.5. The zero-order valence-corrected chi connectivity index (χ0v) is 12.6. The molecule has 0 atom stereocenters. The van der Waals surface area contributed by atoms with Crippen LogP contribution in [0, 0.1) is 0 Å². The maximum atomic E-state index is 12.1. The van der Waals surface area contributed by atoms with Gasteiger partial charge in [-0.05, 0) is 30.0 Å². The van der Waals surface area contributed by atoms with Crippen molar-refractivity contribution in [2.75, 3.05) is 13.1 Å². The van der Waals surface area contributed by atoms with Crippen LogP contribution < -0.4 is 5.32 Å². The number of thiophene rings is 1. The molecule has 3 amide bonds. The summed E-state index contributed by atoms with van der Waals surface area (Å²) in [5.74, 6) is -1.14. The average Bonchev–Trinajstić information content (AvgIpc) is 3.11. The molecule has 22 heavy (non-hydrogen) atoms. The first-order valence-electron chi connectivity index (χ1n) is 6.91. The van der Waals surface area contributed by atoms with Crippen LogP contribution in [0.25, 0.3) is 0 Å². The smallest absolute Gasteiger partial charge is 0.262 e. The van der Waals surface area contributed by atoms with Gasteiger partial charge in [0.25, 0.3) is 11.8 Å². The Morgan fingerprint density at radius 3 is 2.32 bits per heavy atom. The Bertz CT molecular complexity index is 690. The van der Waals surface area contributed by atoms with Crippen LogP contribution in [-0.2, 0) is 11.2 Å². The highest BCUT2D eigenvalue weighted by Gasteiger charge is 2.36. The van der Waals surface area contributed by atoms with E-state index in [1.807, 2.05) is 17.5 Å². The van der Waals surface area contributed by atoms with Crippen molar-refractivity contribution >= 4 is 29.1 Å². The molecule has 5 nitrogen and oxygen atoms in total. The molecule has 1 aromatic carbocycles. The Morgan fingerprint density at radius 2 is 1.73 bits per heavy atom. The molecule has 1 aromatic heterocycles. The Balaban J connectivity index is 1.56. The molecule has 3 rings (SSSR count). The number of hydrogen-bond acceptors (Lipinski definition) is 4. The normalized spacial score (nSPS) is 13.4. The summed E-state index contributed by atoms with van der Waals surface area (Å²) in [7, 11) is 0. The highest BCUT2D eigenvalue weighted by atomic mass is 32.1. The van der Waals surface area contributed by atoms with Crippen molar-refractivity contribution in [1.29, 1.82) is 0 Å². The van der Waals surface area contributed by atoms with E-state index in [0.717, 1.165) is 11.3 Å². The summed E-state index contributed by atoms with van der Waals surface area (Å²) < 4.78 is 0. The van der Waals surface area contributed by atoms with Gasteiger partial charge in [-0.25, -0.2) is 0 Å². The van der Waals surface area contributed by atoms with Crippen molar-refractivity contribution in [1.82, 2.24) is 10.2 Å². The SMILES string of the molecule is O=C(CN1C(=O)c2ccccc2C1=O)NCCc1cccs1. The lowest BCUT2D eigenvalue weighted by Gasteiger charge is -2.13. The molecular formula is C16H14N2O3S. The Hall–Kier alpha value is -2.47. The second-order valence-electron chi connectivity index (χ2n) is 4.92. The minimum Gasteiger partial charge on any atom is -0.354 e. The maximum absolute atomic E-state index is 12.1. The molecule has 1 aliphatic rings. The minimum absolute atomic E-state index is 0.239. The van der Waals surface area contributed by atoms with E-state index in [0.29, 0.717) is 17.7 Å². The van der Waals surface area contributed by atoms with Crippen LogP contribution in [0.4, 0.5) is 0 Å². The van der Waals surface area contributed by atoms with Gasteiger partial charge in [-0.3, -0.25) is 19.3 Å². The number of carbonyl (C=O) groups excluding carboxylic acids is 3. The van der Waals surface area contributed by atoms with E-state index in [2.05, 4.69) is 5.32 Å². The summed E-state index contributed by atoms with van der Waals surface area (Å²) in [6, 6.07) is 10.6. The molecule has 0 saturated heterocycles. The van der Waals surface area contributed by atoms with Crippen LogP contribution in [0.3, 0.4) is 0 Å². The predicted octanol–water partition coefficient (Wildman–Crippen LogP) is 1.70. The van der Waals surface area contributed by atoms with E-state index in [-0.39, 0.29) is 12.5 Å². The number of amides is 3. The molecule has 2 heterocycles. The molecule has 0 radical (unpaired) electrons. The quantitative estimate of drug-likeness (QED) is 0.854. The number of nitrogens with one attached hydrogen (secondary N) is 1. The van der Waals surface area contributed by atoms with E-state index >= 15 is 0 Å². The summed E-state index contributed by atoms with van der Waals surface area (Å²) in [5.41, 5.74) is 0.720. The third kappa shape index (κ3) is 2.78. The lowest BCUT2D eigenvalue weighted by molar-refractivity contribution is -0.121. The highest BCUT2D eigenvalue weighted by Crippen LogP contribution is 2.21. The molecule has 1 N–H and O–H groups in total. The number of fused-ring (bicyclic) bond motifs is 1. The molecule has 2 aromatic rings. The van der Waals surface area contributed by atoms with Gasteiger partial charge in [-0.2, -0.15) is 0 Å². The monoisotopic (exact) mass is 314 g/mol. The van der Waals surface area contributed by atoms with E-state index in [1.165, 1.54) is 4.88 Å². The second kappa shape index (κ2) is 6.11. The van der Waals surface area contributed by atoms with Gasteiger partial charge in [0.05, 0.1) is 11.1 Å². The molecule has 0 unspecified atom stereocenters. The fourth-order valence-electron chi connectivity index (χ4n) is 2.36. The first-order valence-corrected chi connectivity index (χ1v) is 7.79. The van der Waals surface area contributed by atoms with E-state index in [9.17, 15) is 14.4 Å². The summed E-state index contributed by atoms with van der Waals surface area (Å²) >= 11 is 1.63. The Labute approximate surface area is 131 Å². The van der Waals surface area contributed by atoms with Gasteiger partial charge in [0.1, 0.15) is 6.54 Å². The number of hydrogen-bond donors (Lipinski definition) is 1. The number of imide groups is 1. The van der Waals surface area contributed by atoms with Crippen molar-refractivity contribution in [3.8, 4) is 0 Å². The summed E-state index contributed by atoms with van der Waals surface area (Å²) in [5, 5.41) is 4.72. The molecule has 0 aliphatic carbocycles. The third-order valence-electron chi connectivity index (χ3n) is 3.45. The molecule has 6 heteroatoms. The number of nitrogens with zero attached hydrogens (tertiary/aromatic N) is 1. The summed E-state index contributed by atoms with van der Waals surface area (Å²) in [6.07, 6.45) is 0.742. The predicted molar refractivity (Wildman–Crippen MR) is 82.8 cm³/mol. The average molecular weight is 314 g/mol. The first kappa shape index (κ1) is 14.5. The van der Waals surface area contributed by atoms with Crippen LogP contribution in [0.15, 0.2) is 41.8 Å². The van der Waals surface area contributed by atoms with Crippen LogP contribution in [0.2, 0.25) is 0 Å². The Morgan fingerprint density at radius 1 is 1.05 bits per heavy atom. The summed E-state index contributed by atoms with van der Waals surface area (Å²) in [4.78, 5) is 38.3. The van der Waals surface area contributed by atoms with Gasteiger partial charge < -0.3 is 5.32 Å². The Kier molecular flexibility index (Phi) is 4.02. The van der Waals surface area contributed by atoms with Crippen molar-refractivity contribution in [2.45, 2.75) is 6.42 Å². The molecule has 0 spiro atoms. The zero-order valence-electron chi connectivity index (χ0n) is 11.7. The molecule has 112 valence electrons. The van der Waals surface area contributed by atoms with Crippen molar-refractivity contribution in [3.63, 3.8) is 0 Å². The third-order valence-corrected chi connectivity index (χ3v) is 4.39. The standard InChI is InChI=1S/C16H14N2O3S/c19-14(17-8-7-11-4-3-9-22-11)10-18-15(20)12-5-1-2-6-13(12)16(18)21/h1-6,9H,7-8,10H2,(H,17,19). The lowest BCUT2D eigenvalue weighted by atomic mass is 10.1. The van der Waals surface area contributed by atoms with Crippen LogP contribution in [0.1, 0.15) is 25.6 Å². The fourth-order valence-corrected chi connectivity index (χ4v) is 3.07. The molecule has 0 saturated carbocycles. The van der Waals surface area contributed by atoms with Crippen molar-refractivity contribution in [3.05, 3.63) is 57.8 Å². The van der Waals surface area contributed by atoms with Gasteiger partial charge in [0.15, 0.2) is 0 Å². The van der Waals surface area contributed by atoms with E-state index in [4.69, 9.17) is 0 Å². The van der Waals surface area contributed by atoms with Gasteiger partial charge in [0.2, 0.25) is 5.91 Å². The van der Waals surface area contributed by atoms with Crippen LogP contribution >= 0.6 is 11.3 Å². The fraction of sp³-hybridized carbons (Fsp3) is 0.188. The number of carbonyl (C=O) groups is 3. The molecule has 0 bridgehead atoms. The maximum Gasteiger partial charge on any atom is 0.262 e. The number of rotatable bonds is 5. The molecule has 0 fully saturated rings. The highest BCUT2D eigenvalue weighted by molar-refractivity contribution is 7.09. The van der Waals surface area contributed by atoms with Gasteiger partial charge in [-0.1, -0.05) is 18.2 Å². The minimum atomic E-state index is -0.408.